The number of fused-ring (bicyclic) bond motifs is 2. The first-order chi connectivity index (χ1) is 12.1. The van der Waals surface area contributed by atoms with Gasteiger partial charge in [-0.15, -0.1) is 0 Å². The number of aryl methyl sites for hydroxylation is 1. The predicted molar refractivity (Wildman–Crippen MR) is 99.2 cm³/mol. The Morgan fingerprint density at radius 1 is 0.840 bits per heavy atom. The van der Waals surface area contributed by atoms with E-state index in [-0.39, 0.29) is 21.7 Å². The lowest BCUT2D eigenvalue weighted by molar-refractivity contribution is 0.636. The summed E-state index contributed by atoms with van der Waals surface area (Å²) in [5, 5.41) is 3.23. The van der Waals surface area contributed by atoms with Crippen molar-refractivity contribution in [3.05, 3.63) is 91.4 Å². The molecular formula is C21H12O3S. The Morgan fingerprint density at radius 2 is 1.60 bits per heavy atom. The molecule has 3 aromatic rings. The van der Waals surface area contributed by atoms with Crippen LogP contribution in [0.5, 0.6) is 0 Å². The third kappa shape index (κ3) is 2.14. The van der Waals surface area contributed by atoms with Gasteiger partial charge in [0.25, 0.3) is 0 Å². The zero-order chi connectivity index (χ0) is 17.1. The van der Waals surface area contributed by atoms with Crippen LogP contribution in [0.1, 0.15) is 5.56 Å². The lowest BCUT2D eigenvalue weighted by atomic mass is 10.1. The molecule has 0 saturated heterocycles. The lowest BCUT2D eigenvalue weighted by Gasteiger charge is -2.09. The molecule has 1 heterocycles. The van der Waals surface area contributed by atoms with Crippen LogP contribution in [0.25, 0.3) is 21.5 Å². The highest BCUT2D eigenvalue weighted by Gasteiger charge is 2.20. The second-order valence-electron chi connectivity index (χ2n) is 6.16. The van der Waals surface area contributed by atoms with E-state index in [9.17, 15) is 9.59 Å². The summed E-state index contributed by atoms with van der Waals surface area (Å²) < 4.78 is 5.11. The molecule has 0 aromatic heterocycles. The Morgan fingerprint density at radius 3 is 2.44 bits per heavy atom. The minimum atomic E-state index is -0.190. The first-order valence-corrected chi connectivity index (χ1v) is 8.77. The minimum Gasteiger partial charge on any atom is -0.441 e. The molecule has 4 heteroatoms. The van der Waals surface area contributed by atoms with E-state index in [1.54, 1.807) is 6.07 Å². The van der Waals surface area contributed by atoms with Crippen molar-refractivity contribution in [2.45, 2.75) is 16.7 Å². The highest BCUT2D eigenvalue weighted by molar-refractivity contribution is 7.99. The highest BCUT2D eigenvalue weighted by Crippen LogP contribution is 2.35. The molecule has 25 heavy (non-hydrogen) atoms. The number of rotatable bonds is 2. The summed E-state index contributed by atoms with van der Waals surface area (Å²) in [4.78, 5) is 26.8. The summed E-state index contributed by atoms with van der Waals surface area (Å²) in [6, 6.07) is 18.0. The van der Waals surface area contributed by atoms with Gasteiger partial charge in [-0.25, -0.2) is 0 Å². The average Bonchev–Trinajstić information content (AvgIpc) is 3.43. The molecule has 1 aliphatic carbocycles. The SMILES string of the molecule is Cc1ccc2c(=O)c3oc=3c(=O)c2c1Sc1ccc2ccccc2c1. The molecular weight excluding hydrogens is 332 g/mol. The first kappa shape index (κ1) is 14.5. The van der Waals surface area contributed by atoms with Crippen LogP contribution in [0.4, 0.5) is 0 Å². The Hall–Kier alpha value is -2.85. The van der Waals surface area contributed by atoms with Gasteiger partial charge in [0.2, 0.25) is 21.7 Å². The summed E-state index contributed by atoms with van der Waals surface area (Å²) in [7, 11) is 0. The van der Waals surface area contributed by atoms with E-state index in [1.807, 2.05) is 31.2 Å². The van der Waals surface area contributed by atoms with Gasteiger partial charge in [-0.2, -0.15) is 0 Å². The van der Waals surface area contributed by atoms with Gasteiger partial charge < -0.3 is 4.42 Å². The fourth-order valence-electron chi connectivity index (χ4n) is 3.19. The number of hydrogen-bond donors (Lipinski definition) is 0. The van der Waals surface area contributed by atoms with E-state index in [2.05, 4.69) is 24.3 Å². The van der Waals surface area contributed by atoms with E-state index in [4.69, 9.17) is 4.42 Å². The topological polar surface area (TPSA) is 47.3 Å². The quantitative estimate of drug-likeness (QED) is 0.477. The summed E-state index contributed by atoms with van der Waals surface area (Å²) in [5.41, 5.74) is 1.02. The average molecular weight is 344 g/mol. The van der Waals surface area contributed by atoms with Gasteiger partial charge in [-0.05, 0) is 41.5 Å². The number of benzene rings is 3. The van der Waals surface area contributed by atoms with Gasteiger partial charge in [0.05, 0.1) is 5.39 Å². The fourth-order valence-corrected chi connectivity index (χ4v) is 4.28. The van der Waals surface area contributed by atoms with E-state index in [0.29, 0.717) is 10.8 Å². The predicted octanol–water partition coefficient (Wildman–Crippen LogP) is 4.37. The molecule has 0 amide bonds. The molecule has 0 saturated carbocycles. The van der Waals surface area contributed by atoms with Crippen LogP contribution in [-0.2, 0) is 0 Å². The Kier molecular flexibility index (Phi) is 2.94. The molecule has 0 N–H and O–H groups in total. The van der Waals surface area contributed by atoms with Crippen LogP contribution in [0.3, 0.4) is 0 Å². The van der Waals surface area contributed by atoms with Crippen LogP contribution >= 0.6 is 11.8 Å². The van der Waals surface area contributed by atoms with Crippen molar-refractivity contribution < 1.29 is 4.42 Å². The molecule has 0 fully saturated rings. The zero-order valence-corrected chi connectivity index (χ0v) is 14.1. The second-order valence-corrected chi connectivity index (χ2v) is 7.25. The molecule has 3 nitrogen and oxygen atoms in total. The molecule has 0 radical (unpaired) electrons. The number of hydrogen-bond acceptors (Lipinski definition) is 4. The monoisotopic (exact) mass is 344 g/mol. The summed E-state index contributed by atoms with van der Waals surface area (Å²) in [5.74, 6) is 0. The van der Waals surface area contributed by atoms with Gasteiger partial charge >= 0.3 is 0 Å². The molecule has 120 valence electrons. The van der Waals surface area contributed by atoms with Crippen LogP contribution < -0.4 is 10.9 Å². The Bertz CT molecular complexity index is 1420. The normalized spacial score (nSPS) is 11.9. The van der Waals surface area contributed by atoms with Crippen molar-refractivity contribution in [1.29, 1.82) is 0 Å². The molecule has 0 unspecified atom stereocenters. The van der Waals surface area contributed by atoms with Crippen molar-refractivity contribution in [1.82, 2.24) is 0 Å². The summed E-state index contributed by atoms with van der Waals surface area (Å²) >= 11 is 1.52. The molecule has 5 rings (SSSR count). The smallest absolute Gasteiger partial charge is 0.234 e. The Balaban J connectivity index is 1.76. The zero-order valence-electron chi connectivity index (χ0n) is 13.3. The standard InChI is InChI=1S/C21H12O3S/c1-11-6-9-15-16(18(23)20-19(24-20)17(15)22)21(11)25-14-8-7-12-4-2-3-5-13(12)10-14/h2-10H,1H3. The van der Waals surface area contributed by atoms with Crippen molar-refractivity contribution in [2.24, 2.45) is 0 Å². The summed E-state index contributed by atoms with van der Waals surface area (Å²) in [6.07, 6.45) is 0. The van der Waals surface area contributed by atoms with E-state index in [1.165, 1.54) is 17.1 Å². The van der Waals surface area contributed by atoms with Gasteiger partial charge in [0.1, 0.15) is 0 Å². The maximum atomic E-state index is 12.6. The van der Waals surface area contributed by atoms with E-state index < -0.39 is 0 Å². The Labute approximate surface area is 146 Å². The largest absolute Gasteiger partial charge is 0.441 e. The minimum absolute atomic E-state index is 0.184. The van der Waals surface area contributed by atoms with Gasteiger partial charge in [-0.3, -0.25) is 9.59 Å². The van der Waals surface area contributed by atoms with E-state index in [0.717, 1.165) is 20.7 Å². The molecule has 0 spiro atoms. The van der Waals surface area contributed by atoms with E-state index >= 15 is 0 Å². The first-order valence-electron chi connectivity index (χ1n) is 7.95. The van der Waals surface area contributed by atoms with Gasteiger partial charge in [-0.1, -0.05) is 48.2 Å². The third-order valence-corrected chi connectivity index (χ3v) is 5.77. The fraction of sp³-hybridized carbons (Fsp3) is 0.0476. The molecule has 1 aliphatic heterocycles. The van der Waals surface area contributed by atoms with Crippen molar-refractivity contribution in [2.75, 3.05) is 0 Å². The van der Waals surface area contributed by atoms with Crippen molar-refractivity contribution in [3.63, 3.8) is 0 Å². The third-order valence-electron chi connectivity index (χ3n) is 4.55. The van der Waals surface area contributed by atoms with Gasteiger partial charge in [0, 0.05) is 15.2 Å². The molecule has 2 aliphatic rings. The van der Waals surface area contributed by atoms with Crippen LogP contribution in [0, 0.1) is 17.8 Å². The summed E-state index contributed by atoms with van der Waals surface area (Å²) in [6.45, 7) is 1.96. The second kappa shape index (κ2) is 5.07. The van der Waals surface area contributed by atoms with Crippen molar-refractivity contribution in [3.8, 4) is 0 Å². The van der Waals surface area contributed by atoms with Crippen molar-refractivity contribution >= 4 is 33.3 Å². The van der Waals surface area contributed by atoms with Crippen LogP contribution in [0.15, 0.2) is 78.4 Å². The maximum Gasteiger partial charge on any atom is 0.234 e. The highest BCUT2D eigenvalue weighted by atomic mass is 32.2. The van der Waals surface area contributed by atoms with Crippen LogP contribution in [-0.4, -0.2) is 0 Å². The lowest BCUT2D eigenvalue weighted by Crippen LogP contribution is -2.09. The molecule has 0 bridgehead atoms. The maximum absolute atomic E-state index is 12.6. The van der Waals surface area contributed by atoms with Crippen LogP contribution in [0.2, 0.25) is 0 Å². The molecule has 3 aromatic carbocycles. The van der Waals surface area contributed by atoms with Gasteiger partial charge in [0.15, 0.2) is 0 Å². The molecule has 0 atom stereocenters.